The fourth-order valence-electron chi connectivity index (χ4n) is 3.11. The Morgan fingerprint density at radius 1 is 0.720 bits per heavy atom. The molecule has 3 aromatic carbocycles. The predicted molar refractivity (Wildman–Crippen MR) is 105 cm³/mol. The second kappa shape index (κ2) is 6.58. The minimum absolute atomic E-state index is 0.704. The van der Waals surface area contributed by atoms with Gasteiger partial charge in [-0.05, 0) is 12.1 Å². The molecule has 25 heavy (non-hydrogen) atoms. The zero-order valence-corrected chi connectivity index (χ0v) is 14.6. The van der Waals surface area contributed by atoms with E-state index in [0.717, 1.165) is 33.9 Å². The van der Waals surface area contributed by atoms with E-state index in [2.05, 4.69) is 28.8 Å². The van der Waals surface area contributed by atoms with E-state index in [0.29, 0.717) is 5.02 Å². The van der Waals surface area contributed by atoms with Crippen molar-refractivity contribution >= 4 is 11.6 Å². The van der Waals surface area contributed by atoms with Crippen molar-refractivity contribution < 1.29 is 0 Å². The summed E-state index contributed by atoms with van der Waals surface area (Å²) in [4.78, 5) is 4.97. The fourth-order valence-corrected chi connectivity index (χ4v) is 3.33. The standard InChI is InChI=1S/C22H17ClN2/c1-25-21(17-12-6-3-7-13-17)20(16-10-4-2-5-11-16)24-22(25)18-14-8-9-15-19(18)23/h2-15H,1H3. The Hall–Kier alpha value is -2.84. The summed E-state index contributed by atoms with van der Waals surface area (Å²) < 4.78 is 2.12. The van der Waals surface area contributed by atoms with Crippen LogP contribution in [-0.4, -0.2) is 9.55 Å². The van der Waals surface area contributed by atoms with Gasteiger partial charge in [-0.1, -0.05) is 84.4 Å². The maximum atomic E-state index is 6.43. The minimum Gasteiger partial charge on any atom is -0.327 e. The van der Waals surface area contributed by atoms with Crippen LogP contribution in [0, 0.1) is 0 Å². The van der Waals surface area contributed by atoms with Crippen LogP contribution in [0.25, 0.3) is 33.9 Å². The maximum absolute atomic E-state index is 6.43. The molecule has 1 heterocycles. The van der Waals surface area contributed by atoms with Crippen LogP contribution in [0.1, 0.15) is 0 Å². The summed E-state index contributed by atoms with van der Waals surface area (Å²) in [7, 11) is 2.04. The number of nitrogens with zero attached hydrogens (tertiary/aromatic N) is 2. The van der Waals surface area contributed by atoms with Crippen molar-refractivity contribution in [2.24, 2.45) is 7.05 Å². The van der Waals surface area contributed by atoms with E-state index in [1.807, 2.05) is 67.7 Å². The van der Waals surface area contributed by atoms with E-state index in [1.54, 1.807) is 0 Å². The second-order valence-corrected chi connectivity index (χ2v) is 6.31. The SMILES string of the molecule is Cn1c(-c2ccccc2Cl)nc(-c2ccccc2)c1-c1ccccc1. The van der Waals surface area contributed by atoms with E-state index >= 15 is 0 Å². The summed E-state index contributed by atoms with van der Waals surface area (Å²) in [5.74, 6) is 0.864. The lowest BCUT2D eigenvalue weighted by atomic mass is 10.1. The molecule has 0 saturated carbocycles. The van der Waals surface area contributed by atoms with Gasteiger partial charge >= 0.3 is 0 Å². The third kappa shape index (κ3) is 2.86. The molecule has 0 N–H and O–H groups in total. The van der Waals surface area contributed by atoms with Gasteiger partial charge in [-0.15, -0.1) is 0 Å². The molecule has 0 bridgehead atoms. The van der Waals surface area contributed by atoms with Crippen molar-refractivity contribution in [3.8, 4) is 33.9 Å². The van der Waals surface area contributed by atoms with Gasteiger partial charge in [0, 0.05) is 23.7 Å². The number of aromatic nitrogens is 2. The fraction of sp³-hybridized carbons (Fsp3) is 0.0455. The Bertz CT molecular complexity index is 1000. The highest BCUT2D eigenvalue weighted by Crippen LogP contribution is 2.37. The van der Waals surface area contributed by atoms with Crippen LogP contribution in [0.4, 0.5) is 0 Å². The Kier molecular flexibility index (Phi) is 4.12. The number of benzene rings is 3. The summed E-state index contributed by atoms with van der Waals surface area (Å²) >= 11 is 6.43. The third-order valence-electron chi connectivity index (χ3n) is 4.30. The first-order valence-corrected chi connectivity index (χ1v) is 8.56. The summed E-state index contributed by atoms with van der Waals surface area (Å²) in [6.07, 6.45) is 0. The lowest BCUT2D eigenvalue weighted by molar-refractivity contribution is 0.933. The van der Waals surface area contributed by atoms with Gasteiger partial charge in [-0.3, -0.25) is 0 Å². The topological polar surface area (TPSA) is 17.8 Å². The van der Waals surface area contributed by atoms with Crippen LogP contribution in [0.2, 0.25) is 5.02 Å². The number of halogens is 1. The van der Waals surface area contributed by atoms with Gasteiger partial charge in [0.25, 0.3) is 0 Å². The van der Waals surface area contributed by atoms with Crippen LogP contribution in [0.15, 0.2) is 84.9 Å². The second-order valence-electron chi connectivity index (χ2n) is 5.90. The van der Waals surface area contributed by atoms with Crippen molar-refractivity contribution in [2.45, 2.75) is 0 Å². The van der Waals surface area contributed by atoms with Gasteiger partial charge < -0.3 is 4.57 Å². The molecular formula is C22H17ClN2. The molecule has 0 fully saturated rings. The molecule has 0 aliphatic carbocycles. The molecule has 0 spiro atoms. The number of imidazole rings is 1. The van der Waals surface area contributed by atoms with E-state index in [1.165, 1.54) is 0 Å². The Morgan fingerprint density at radius 2 is 1.28 bits per heavy atom. The molecule has 0 saturated heterocycles. The zero-order valence-electron chi connectivity index (χ0n) is 13.9. The monoisotopic (exact) mass is 344 g/mol. The van der Waals surface area contributed by atoms with Crippen molar-refractivity contribution in [3.05, 3.63) is 90.0 Å². The van der Waals surface area contributed by atoms with Crippen LogP contribution in [0.5, 0.6) is 0 Å². The normalized spacial score (nSPS) is 10.8. The van der Waals surface area contributed by atoms with E-state index in [9.17, 15) is 0 Å². The molecule has 4 rings (SSSR count). The lowest BCUT2D eigenvalue weighted by Crippen LogP contribution is -1.96. The van der Waals surface area contributed by atoms with Crippen LogP contribution < -0.4 is 0 Å². The van der Waals surface area contributed by atoms with Gasteiger partial charge in [-0.25, -0.2) is 4.98 Å². The number of rotatable bonds is 3. The van der Waals surface area contributed by atoms with E-state index < -0.39 is 0 Å². The minimum atomic E-state index is 0.704. The molecule has 0 aliphatic rings. The summed E-state index contributed by atoms with van der Waals surface area (Å²) in [6.45, 7) is 0. The molecule has 0 unspecified atom stereocenters. The molecule has 0 radical (unpaired) electrons. The average molecular weight is 345 g/mol. The largest absolute Gasteiger partial charge is 0.327 e. The van der Waals surface area contributed by atoms with Crippen molar-refractivity contribution in [3.63, 3.8) is 0 Å². The highest BCUT2D eigenvalue weighted by molar-refractivity contribution is 6.33. The first kappa shape index (κ1) is 15.7. The number of hydrogen-bond acceptors (Lipinski definition) is 1. The van der Waals surface area contributed by atoms with Gasteiger partial charge in [-0.2, -0.15) is 0 Å². The number of hydrogen-bond donors (Lipinski definition) is 0. The molecule has 3 heteroatoms. The van der Waals surface area contributed by atoms with E-state index in [-0.39, 0.29) is 0 Å². The highest BCUT2D eigenvalue weighted by Gasteiger charge is 2.19. The molecule has 1 aromatic heterocycles. The van der Waals surface area contributed by atoms with Gasteiger partial charge in [0.05, 0.1) is 16.4 Å². The molecule has 4 aromatic rings. The average Bonchev–Trinajstić information content (AvgIpc) is 3.01. The van der Waals surface area contributed by atoms with Crippen molar-refractivity contribution in [2.75, 3.05) is 0 Å². The quantitative estimate of drug-likeness (QED) is 0.440. The first-order valence-electron chi connectivity index (χ1n) is 8.18. The highest BCUT2D eigenvalue weighted by atomic mass is 35.5. The molecule has 2 nitrogen and oxygen atoms in total. The van der Waals surface area contributed by atoms with E-state index in [4.69, 9.17) is 16.6 Å². The molecule has 0 aliphatic heterocycles. The Labute approximate surface area is 152 Å². The molecule has 122 valence electrons. The van der Waals surface area contributed by atoms with Gasteiger partial charge in [0.1, 0.15) is 5.82 Å². The predicted octanol–water partition coefficient (Wildman–Crippen LogP) is 6.07. The maximum Gasteiger partial charge on any atom is 0.142 e. The summed E-state index contributed by atoms with van der Waals surface area (Å²) in [5, 5.41) is 0.704. The Morgan fingerprint density at radius 3 is 1.92 bits per heavy atom. The van der Waals surface area contributed by atoms with Crippen molar-refractivity contribution in [1.82, 2.24) is 9.55 Å². The molecule has 0 atom stereocenters. The zero-order chi connectivity index (χ0) is 17.2. The van der Waals surface area contributed by atoms with Crippen molar-refractivity contribution in [1.29, 1.82) is 0 Å². The van der Waals surface area contributed by atoms with Crippen LogP contribution >= 0.6 is 11.6 Å². The van der Waals surface area contributed by atoms with Crippen LogP contribution in [0.3, 0.4) is 0 Å². The van der Waals surface area contributed by atoms with Gasteiger partial charge in [0.2, 0.25) is 0 Å². The summed E-state index contributed by atoms with van der Waals surface area (Å²) in [5.41, 5.74) is 5.21. The third-order valence-corrected chi connectivity index (χ3v) is 4.63. The van der Waals surface area contributed by atoms with Gasteiger partial charge in [0.15, 0.2) is 0 Å². The lowest BCUT2D eigenvalue weighted by Gasteiger charge is -2.08. The molecular weight excluding hydrogens is 328 g/mol. The summed E-state index contributed by atoms with van der Waals surface area (Å²) in [6, 6.07) is 28.4. The smallest absolute Gasteiger partial charge is 0.142 e. The Balaban J connectivity index is 2.01. The molecule has 0 amide bonds. The van der Waals surface area contributed by atoms with Crippen LogP contribution in [-0.2, 0) is 7.05 Å². The first-order chi connectivity index (χ1) is 12.3.